The van der Waals surface area contributed by atoms with Gasteiger partial charge in [0, 0.05) is 6.61 Å². The average Bonchev–Trinajstić information content (AvgIpc) is 2.83. The summed E-state index contributed by atoms with van der Waals surface area (Å²) in [5.74, 6) is -2.44. The van der Waals surface area contributed by atoms with Crippen LogP contribution in [0, 0.1) is 5.92 Å². The van der Waals surface area contributed by atoms with E-state index < -0.39 is 30.1 Å². The number of esters is 2. The Morgan fingerprint density at radius 2 is 1.89 bits per heavy atom. The highest BCUT2D eigenvalue weighted by molar-refractivity contribution is 5.84. The maximum atomic E-state index is 11.8. The fraction of sp³-hybridized carbons (Fsp3) is 0.833. The van der Waals surface area contributed by atoms with Crippen LogP contribution in [0.3, 0.4) is 0 Å². The third kappa shape index (κ3) is 3.68. The minimum atomic E-state index is -1.54. The van der Waals surface area contributed by atoms with Crippen molar-refractivity contribution in [1.82, 2.24) is 0 Å². The van der Waals surface area contributed by atoms with E-state index >= 15 is 0 Å². The van der Waals surface area contributed by atoms with Gasteiger partial charge in [-0.15, -0.1) is 0 Å². The SMILES string of the molecule is CCOC(=O)C(O)C(C(=O)OCC)C1CCCO1. The van der Waals surface area contributed by atoms with E-state index in [1.165, 1.54) is 0 Å². The molecule has 6 heteroatoms. The number of carbonyl (C=O) groups is 2. The molecule has 3 atom stereocenters. The predicted octanol–water partition coefficient (Wildman–Crippen LogP) is 0.269. The van der Waals surface area contributed by atoms with E-state index in [2.05, 4.69) is 0 Å². The summed E-state index contributed by atoms with van der Waals surface area (Å²) in [7, 11) is 0. The molecule has 1 aliphatic rings. The van der Waals surface area contributed by atoms with Crippen LogP contribution in [0.4, 0.5) is 0 Å². The molecular weight excluding hydrogens is 240 g/mol. The van der Waals surface area contributed by atoms with Crippen LogP contribution >= 0.6 is 0 Å². The Hall–Kier alpha value is -1.14. The molecule has 0 aliphatic carbocycles. The van der Waals surface area contributed by atoms with Gasteiger partial charge in [-0.3, -0.25) is 4.79 Å². The molecule has 0 amide bonds. The molecule has 1 saturated heterocycles. The van der Waals surface area contributed by atoms with E-state index in [0.29, 0.717) is 13.0 Å². The zero-order chi connectivity index (χ0) is 13.5. The Bertz CT molecular complexity index is 284. The third-order valence-corrected chi connectivity index (χ3v) is 2.79. The smallest absolute Gasteiger partial charge is 0.335 e. The van der Waals surface area contributed by atoms with E-state index in [1.807, 2.05) is 0 Å². The molecule has 0 saturated carbocycles. The van der Waals surface area contributed by atoms with Crippen LogP contribution in [0.15, 0.2) is 0 Å². The molecule has 104 valence electrons. The Kier molecular flexibility index (Phi) is 6.07. The van der Waals surface area contributed by atoms with Gasteiger partial charge in [0.05, 0.1) is 19.3 Å². The summed E-state index contributed by atoms with van der Waals surface area (Å²) < 4.78 is 15.0. The largest absolute Gasteiger partial charge is 0.466 e. The summed E-state index contributed by atoms with van der Waals surface area (Å²) in [5, 5.41) is 9.91. The van der Waals surface area contributed by atoms with Gasteiger partial charge in [0.1, 0.15) is 5.92 Å². The van der Waals surface area contributed by atoms with Crippen LogP contribution in [-0.2, 0) is 23.8 Å². The standard InChI is InChI=1S/C12H20O6/c1-3-16-11(14)9(8-6-5-7-18-8)10(13)12(15)17-4-2/h8-10,13H,3-7H2,1-2H3. The number of hydrogen-bond donors (Lipinski definition) is 1. The Labute approximate surface area is 106 Å². The number of hydrogen-bond acceptors (Lipinski definition) is 6. The van der Waals surface area contributed by atoms with Crippen LogP contribution in [0.25, 0.3) is 0 Å². The molecule has 6 nitrogen and oxygen atoms in total. The highest BCUT2D eigenvalue weighted by Crippen LogP contribution is 2.25. The number of aliphatic hydroxyl groups excluding tert-OH is 1. The van der Waals surface area contributed by atoms with Gasteiger partial charge in [-0.05, 0) is 26.7 Å². The minimum absolute atomic E-state index is 0.150. The van der Waals surface area contributed by atoms with Crippen molar-refractivity contribution in [3.63, 3.8) is 0 Å². The molecule has 0 aromatic rings. The molecule has 0 spiro atoms. The Morgan fingerprint density at radius 1 is 1.28 bits per heavy atom. The summed E-state index contributed by atoms with van der Waals surface area (Å²) in [6.45, 7) is 4.17. The van der Waals surface area contributed by atoms with Crippen molar-refractivity contribution in [2.75, 3.05) is 19.8 Å². The lowest BCUT2D eigenvalue weighted by molar-refractivity contribution is -0.172. The third-order valence-electron chi connectivity index (χ3n) is 2.79. The van der Waals surface area contributed by atoms with Crippen molar-refractivity contribution in [2.45, 2.75) is 38.9 Å². The molecule has 1 N–H and O–H groups in total. The molecule has 0 aromatic heterocycles. The van der Waals surface area contributed by atoms with Gasteiger partial charge >= 0.3 is 11.9 Å². The Balaban J connectivity index is 2.75. The summed E-state index contributed by atoms with van der Waals surface area (Å²) in [6.07, 6.45) is -0.591. The van der Waals surface area contributed by atoms with E-state index in [0.717, 1.165) is 6.42 Å². The van der Waals surface area contributed by atoms with Crippen molar-refractivity contribution in [3.05, 3.63) is 0 Å². The molecule has 1 rings (SSSR count). The molecule has 1 fully saturated rings. The quantitative estimate of drug-likeness (QED) is 0.690. The molecule has 1 heterocycles. The average molecular weight is 260 g/mol. The topological polar surface area (TPSA) is 82.1 Å². The number of ether oxygens (including phenoxy) is 3. The lowest BCUT2D eigenvalue weighted by Gasteiger charge is -2.24. The Morgan fingerprint density at radius 3 is 2.39 bits per heavy atom. The summed E-state index contributed by atoms with van der Waals surface area (Å²) >= 11 is 0. The molecule has 1 aliphatic heterocycles. The molecule has 0 bridgehead atoms. The van der Waals surface area contributed by atoms with Gasteiger partial charge in [-0.2, -0.15) is 0 Å². The van der Waals surface area contributed by atoms with Crippen molar-refractivity contribution < 1.29 is 28.9 Å². The van der Waals surface area contributed by atoms with Crippen LogP contribution in [-0.4, -0.2) is 49.1 Å². The summed E-state index contributed by atoms with van der Waals surface area (Å²) in [5.41, 5.74) is 0. The minimum Gasteiger partial charge on any atom is -0.466 e. The van der Waals surface area contributed by atoms with E-state index in [-0.39, 0.29) is 13.2 Å². The number of carbonyl (C=O) groups excluding carboxylic acids is 2. The van der Waals surface area contributed by atoms with Crippen molar-refractivity contribution in [2.24, 2.45) is 5.92 Å². The van der Waals surface area contributed by atoms with Gasteiger partial charge in [0.25, 0.3) is 0 Å². The van der Waals surface area contributed by atoms with E-state index in [9.17, 15) is 14.7 Å². The normalized spacial score (nSPS) is 22.3. The number of aliphatic hydroxyl groups is 1. The fourth-order valence-electron chi connectivity index (χ4n) is 1.98. The second-order valence-electron chi connectivity index (χ2n) is 4.03. The highest BCUT2D eigenvalue weighted by atomic mass is 16.6. The molecule has 0 radical (unpaired) electrons. The number of rotatable bonds is 6. The van der Waals surface area contributed by atoms with Crippen LogP contribution in [0.2, 0.25) is 0 Å². The lowest BCUT2D eigenvalue weighted by atomic mass is 9.94. The van der Waals surface area contributed by atoms with Crippen LogP contribution in [0.5, 0.6) is 0 Å². The monoisotopic (exact) mass is 260 g/mol. The van der Waals surface area contributed by atoms with Crippen LogP contribution in [0.1, 0.15) is 26.7 Å². The fourth-order valence-corrected chi connectivity index (χ4v) is 1.98. The summed E-state index contributed by atoms with van der Waals surface area (Å²) in [4.78, 5) is 23.3. The van der Waals surface area contributed by atoms with Gasteiger partial charge in [-0.1, -0.05) is 0 Å². The molecular formula is C12H20O6. The first-order valence-corrected chi connectivity index (χ1v) is 6.24. The zero-order valence-corrected chi connectivity index (χ0v) is 10.8. The zero-order valence-electron chi connectivity index (χ0n) is 10.8. The van der Waals surface area contributed by atoms with Crippen molar-refractivity contribution >= 4 is 11.9 Å². The maximum absolute atomic E-state index is 11.8. The second kappa shape index (κ2) is 7.33. The van der Waals surface area contributed by atoms with Crippen molar-refractivity contribution in [1.29, 1.82) is 0 Å². The van der Waals surface area contributed by atoms with Gasteiger partial charge in [-0.25, -0.2) is 4.79 Å². The van der Waals surface area contributed by atoms with Gasteiger partial charge in [0.2, 0.25) is 0 Å². The molecule has 0 aromatic carbocycles. The maximum Gasteiger partial charge on any atom is 0.335 e. The lowest BCUT2D eigenvalue weighted by Crippen LogP contribution is -2.44. The van der Waals surface area contributed by atoms with Gasteiger partial charge in [0.15, 0.2) is 6.10 Å². The predicted molar refractivity (Wildman–Crippen MR) is 61.7 cm³/mol. The first-order valence-electron chi connectivity index (χ1n) is 6.24. The first-order chi connectivity index (χ1) is 8.61. The molecule has 18 heavy (non-hydrogen) atoms. The summed E-state index contributed by atoms with van der Waals surface area (Å²) in [6, 6.07) is 0. The second-order valence-corrected chi connectivity index (χ2v) is 4.03. The van der Waals surface area contributed by atoms with Crippen molar-refractivity contribution in [3.8, 4) is 0 Å². The van der Waals surface area contributed by atoms with Gasteiger partial charge < -0.3 is 19.3 Å². The van der Waals surface area contributed by atoms with Crippen LogP contribution < -0.4 is 0 Å². The van der Waals surface area contributed by atoms with E-state index in [1.54, 1.807) is 13.8 Å². The highest BCUT2D eigenvalue weighted by Gasteiger charge is 2.42. The first kappa shape index (κ1) is 14.9. The van der Waals surface area contributed by atoms with E-state index in [4.69, 9.17) is 14.2 Å². The molecule has 3 unspecified atom stereocenters.